The summed E-state index contributed by atoms with van der Waals surface area (Å²) in [5.41, 5.74) is 5.99. The number of hydrogen-bond acceptors (Lipinski definition) is 3. The van der Waals surface area contributed by atoms with E-state index >= 15 is 0 Å². The zero-order valence-electron chi connectivity index (χ0n) is 10.4. The smallest absolute Gasteiger partial charge is 0.253 e. The molecule has 1 heterocycles. The molecule has 0 radical (unpaired) electrons. The molecule has 1 aromatic carbocycles. The Morgan fingerprint density at radius 3 is 2.45 bits per heavy atom. The van der Waals surface area contributed by atoms with E-state index in [2.05, 4.69) is 10.3 Å². The Balaban J connectivity index is 2.20. The van der Waals surface area contributed by atoms with Gasteiger partial charge in [0.15, 0.2) is 0 Å². The number of pyridine rings is 1. The molecule has 2 aromatic rings. The number of nitrogens with two attached hydrogens (primary N) is 1. The minimum Gasteiger partial charge on any atom is -0.368 e. The summed E-state index contributed by atoms with van der Waals surface area (Å²) in [6.07, 6.45) is 2.90. The summed E-state index contributed by atoms with van der Waals surface area (Å²) in [7, 11) is 0. The summed E-state index contributed by atoms with van der Waals surface area (Å²) in [4.78, 5) is 27.2. The second-order valence-corrected chi connectivity index (χ2v) is 4.10. The maximum Gasteiger partial charge on any atom is 0.253 e. The van der Waals surface area contributed by atoms with Gasteiger partial charge in [-0.15, -0.1) is 0 Å². The number of carbonyl (C=O) groups is 2. The number of primary amides is 1. The van der Waals surface area contributed by atoms with Crippen LogP contribution in [-0.2, 0) is 4.79 Å². The fourth-order valence-corrected chi connectivity index (χ4v) is 1.69. The molecule has 102 valence electrons. The number of halogens is 1. The molecule has 5 nitrogen and oxygen atoms in total. The highest BCUT2D eigenvalue weighted by Gasteiger charge is 2.20. The first-order chi connectivity index (χ1) is 9.58. The third-order valence-electron chi connectivity index (χ3n) is 2.69. The van der Waals surface area contributed by atoms with Crippen LogP contribution in [0.25, 0.3) is 0 Å². The van der Waals surface area contributed by atoms with Crippen LogP contribution in [0.3, 0.4) is 0 Å². The molecule has 3 N–H and O–H groups in total. The molecule has 20 heavy (non-hydrogen) atoms. The standard InChI is InChI=1S/C14H12FN3O2/c15-11-5-3-9(4-6-11)12(13(16)19)18-14(20)10-2-1-7-17-8-10/h1-8,12H,(H2,16,19)(H,18,20)/t12-/m0/s1. The lowest BCUT2D eigenvalue weighted by Gasteiger charge is -2.15. The van der Waals surface area contributed by atoms with E-state index in [9.17, 15) is 14.0 Å². The Labute approximate surface area is 114 Å². The highest BCUT2D eigenvalue weighted by molar-refractivity contribution is 5.97. The molecule has 0 saturated heterocycles. The lowest BCUT2D eigenvalue weighted by Crippen LogP contribution is -2.37. The van der Waals surface area contributed by atoms with Gasteiger partial charge in [-0.1, -0.05) is 12.1 Å². The molecule has 0 spiro atoms. The van der Waals surface area contributed by atoms with Crippen molar-refractivity contribution in [2.45, 2.75) is 6.04 Å². The summed E-state index contributed by atoms with van der Waals surface area (Å²) in [6.45, 7) is 0. The van der Waals surface area contributed by atoms with Gasteiger partial charge in [-0.2, -0.15) is 0 Å². The molecule has 0 bridgehead atoms. The fraction of sp³-hybridized carbons (Fsp3) is 0.0714. The average molecular weight is 273 g/mol. The van der Waals surface area contributed by atoms with Crippen molar-refractivity contribution in [3.63, 3.8) is 0 Å². The molecule has 1 aromatic heterocycles. The summed E-state index contributed by atoms with van der Waals surface area (Å²) in [6, 6.07) is 7.33. The van der Waals surface area contributed by atoms with Crippen LogP contribution in [0.2, 0.25) is 0 Å². The van der Waals surface area contributed by atoms with E-state index in [0.717, 1.165) is 0 Å². The Bertz CT molecular complexity index is 614. The van der Waals surface area contributed by atoms with E-state index in [0.29, 0.717) is 11.1 Å². The molecule has 0 aliphatic rings. The van der Waals surface area contributed by atoms with Crippen LogP contribution < -0.4 is 11.1 Å². The zero-order chi connectivity index (χ0) is 14.5. The second kappa shape index (κ2) is 5.92. The Kier molecular flexibility index (Phi) is 4.05. The van der Waals surface area contributed by atoms with Crippen LogP contribution >= 0.6 is 0 Å². The predicted molar refractivity (Wildman–Crippen MR) is 70.0 cm³/mol. The van der Waals surface area contributed by atoms with Gasteiger partial charge in [0.25, 0.3) is 5.91 Å². The number of aromatic nitrogens is 1. The first-order valence-electron chi connectivity index (χ1n) is 5.83. The quantitative estimate of drug-likeness (QED) is 0.877. The van der Waals surface area contributed by atoms with Crippen molar-refractivity contribution < 1.29 is 14.0 Å². The highest BCUT2D eigenvalue weighted by atomic mass is 19.1. The van der Waals surface area contributed by atoms with Gasteiger partial charge in [0, 0.05) is 12.4 Å². The zero-order valence-corrected chi connectivity index (χ0v) is 10.4. The molecular formula is C14H12FN3O2. The molecule has 0 aliphatic carbocycles. The van der Waals surface area contributed by atoms with Crippen molar-refractivity contribution >= 4 is 11.8 Å². The summed E-state index contributed by atoms with van der Waals surface area (Å²) in [5.74, 6) is -1.64. The number of amides is 2. The van der Waals surface area contributed by atoms with E-state index in [4.69, 9.17) is 5.73 Å². The SMILES string of the molecule is NC(=O)[C@@H](NC(=O)c1cccnc1)c1ccc(F)cc1. The molecule has 0 unspecified atom stereocenters. The number of nitrogens with one attached hydrogen (secondary N) is 1. The van der Waals surface area contributed by atoms with Crippen LogP contribution in [0.1, 0.15) is 22.0 Å². The van der Waals surface area contributed by atoms with Gasteiger partial charge in [0.05, 0.1) is 5.56 Å². The van der Waals surface area contributed by atoms with Crippen LogP contribution in [0.4, 0.5) is 4.39 Å². The monoisotopic (exact) mass is 273 g/mol. The average Bonchev–Trinajstić information content (AvgIpc) is 2.46. The number of carbonyl (C=O) groups excluding carboxylic acids is 2. The topological polar surface area (TPSA) is 85.1 Å². The van der Waals surface area contributed by atoms with E-state index < -0.39 is 23.7 Å². The molecule has 0 fully saturated rings. The summed E-state index contributed by atoms with van der Waals surface area (Å²) >= 11 is 0. The van der Waals surface area contributed by atoms with Crippen molar-refractivity contribution in [2.75, 3.05) is 0 Å². The van der Waals surface area contributed by atoms with Gasteiger partial charge in [0.1, 0.15) is 11.9 Å². The number of benzene rings is 1. The minimum absolute atomic E-state index is 0.306. The van der Waals surface area contributed by atoms with Crippen LogP contribution in [0.15, 0.2) is 48.8 Å². The molecule has 0 saturated carbocycles. The van der Waals surface area contributed by atoms with Crippen LogP contribution in [0.5, 0.6) is 0 Å². The van der Waals surface area contributed by atoms with Gasteiger partial charge in [-0.05, 0) is 29.8 Å². The third-order valence-corrected chi connectivity index (χ3v) is 2.69. The predicted octanol–water partition coefficient (Wildman–Crippen LogP) is 1.18. The Morgan fingerprint density at radius 2 is 1.90 bits per heavy atom. The lowest BCUT2D eigenvalue weighted by atomic mass is 10.1. The lowest BCUT2D eigenvalue weighted by molar-refractivity contribution is -0.120. The summed E-state index contributed by atoms with van der Waals surface area (Å²) in [5, 5.41) is 2.49. The maximum atomic E-state index is 12.9. The van der Waals surface area contributed by atoms with Gasteiger partial charge in [-0.25, -0.2) is 4.39 Å². The normalized spacial score (nSPS) is 11.7. The van der Waals surface area contributed by atoms with Gasteiger partial charge in [-0.3, -0.25) is 14.6 Å². The Morgan fingerprint density at radius 1 is 1.20 bits per heavy atom. The number of hydrogen-bond donors (Lipinski definition) is 2. The minimum atomic E-state index is -1.02. The van der Waals surface area contributed by atoms with E-state index in [1.165, 1.54) is 36.7 Å². The number of rotatable bonds is 4. The Hall–Kier alpha value is -2.76. The van der Waals surface area contributed by atoms with Crippen molar-refractivity contribution in [1.82, 2.24) is 10.3 Å². The van der Waals surface area contributed by atoms with Crippen LogP contribution in [0, 0.1) is 5.82 Å². The molecule has 2 rings (SSSR count). The van der Waals surface area contributed by atoms with Crippen molar-refractivity contribution in [2.24, 2.45) is 5.73 Å². The molecule has 2 amide bonds. The van der Waals surface area contributed by atoms with Gasteiger partial charge in [0.2, 0.25) is 5.91 Å². The first kappa shape index (κ1) is 13.7. The molecule has 6 heteroatoms. The second-order valence-electron chi connectivity index (χ2n) is 4.10. The maximum absolute atomic E-state index is 12.9. The largest absolute Gasteiger partial charge is 0.368 e. The van der Waals surface area contributed by atoms with E-state index in [1.807, 2.05) is 0 Å². The van der Waals surface area contributed by atoms with Crippen molar-refractivity contribution in [3.05, 3.63) is 65.7 Å². The first-order valence-corrected chi connectivity index (χ1v) is 5.83. The van der Waals surface area contributed by atoms with E-state index in [1.54, 1.807) is 12.1 Å². The van der Waals surface area contributed by atoms with Crippen LogP contribution in [-0.4, -0.2) is 16.8 Å². The molecule has 1 atom stereocenters. The third kappa shape index (κ3) is 3.17. The molecule has 0 aliphatic heterocycles. The van der Waals surface area contributed by atoms with E-state index in [-0.39, 0.29) is 0 Å². The van der Waals surface area contributed by atoms with Crippen molar-refractivity contribution in [1.29, 1.82) is 0 Å². The number of nitrogens with zero attached hydrogens (tertiary/aromatic N) is 1. The van der Waals surface area contributed by atoms with Crippen molar-refractivity contribution in [3.8, 4) is 0 Å². The fourth-order valence-electron chi connectivity index (χ4n) is 1.69. The summed E-state index contributed by atoms with van der Waals surface area (Å²) < 4.78 is 12.9. The molecular weight excluding hydrogens is 261 g/mol. The van der Waals surface area contributed by atoms with Gasteiger partial charge < -0.3 is 11.1 Å². The van der Waals surface area contributed by atoms with Gasteiger partial charge >= 0.3 is 0 Å². The highest BCUT2D eigenvalue weighted by Crippen LogP contribution is 2.14.